The Morgan fingerprint density at radius 2 is 1.67 bits per heavy atom. The molecular formula is C21H20FNO. The van der Waals surface area contributed by atoms with Crippen molar-refractivity contribution in [2.45, 2.75) is 12.5 Å². The number of hydrogen-bond donors (Lipinski definition) is 1. The van der Waals surface area contributed by atoms with Gasteiger partial charge in [-0.2, -0.15) is 0 Å². The minimum atomic E-state index is -0.211. The first-order chi connectivity index (χ1) is 11.8. The zero-order valence-corrected chi connectivity index (χ0v) is 13.4. The molecule has 0 saturated carbocycles. The van der Waals surface area contributed by atoms with E-state index in [0.29, 0.717) is 11.3 Å². The van der Waals surface area contributed by atoms with Crippen LogP contribution in [0, 0.1) is 11.7 Å². The van der Waals surface area contributed by atoms with Gasteiger partial charge in [-0.25, -0.2) is 4.39 Å². The van der Waals surface area contributed by atoms with Crippen molar-refractivity contribution >= 4 is 10.8 Å². The van der Waals surface area contributed by atoms with E-state index in [0.717, 1.165) is 30.6 Å². The molecule has 2 nitrogen and oxygen atoms in total. The zero-order chi connectivity index (χ0) is 16.4. The van der Waals surface area contributed by atoms with Gasteiger partial charge in [0, 0.05) is 23.2 Å². The van der Waals surface area contributed by atoms with Gasteiger partial charge >= 0.3 is 0 Å². The van der Waals surface area contributed by atoms with Crippen LogP contribution in [0.25, 0.3) is 10.8 Å². The minimum absolute atomic E-state index is 0.0323. The van der Waals surface area contributed by atoms with Gasteiger partial charge in [0.1, 0.15) is 17.7 Å². The van der Waals surface area contributed by atoms with E-state index in [-0.39, 0.29) is 11.9 Å². The van der Waals surface area contributed by atoms with Crippen molar-refractivity contribution < 1.29 is 9.13 Å². The molecule has 3 aromatic rings. The second kappa shape index (κ2) is 6.62. The molecule has 1 fully saturated rings. The Morgan fingerprint density at radius 3 is 2.42 bits per heavy atom. The summed E-state index contributed by atoms with van der Waals surface area (Å²) in [6.07, 6.45) is 1.05. The highest BCUT2D eigenvalue weighted by atomic mass is 19.1. The van der Waals surface area contributed by atoms with E-state index < -0.39 is 0 Å². The Bertz CT molecular complexity index is 828. The van der Waals surface area contributed by atoms with Crippen LogP contribution >= 0.6 is 0 Å². The van der Waals surface area contributed by atoms with E-state index in [4.69, 9.17) is 4.74 Å². The maximum absolute atomic E-state index is 14.1. The van der Waals surface area contributed by atoms with Gasteiger partial charge in [-0.3, -0.25) is 0 Å². The normalized spacial score (nSPS) is 18.6. The fourth-order valence-corrected chi connectivity index (χ4v) is 3.49. The van der Waals surface area contributed by atoms with Crippen molar-refractivity contribution in [3.63, 3.8) is 0 Å². The Morgan fingerprint density at radius 1 is 0.917 bits per heavy atom. The van der Waals surface area contributed by atoms with Crippen molar-refractivity contribution in [3.8, 4) is 5.75 Å². The molecule has 24 heavy (non-hydrogen) atoms. The summed E-state index contributed by atoms with van der Waals surface area (Å²) in [4.78, 5) is 0. The Balaban J connectivity index is 1.74. The molecule has 4 rings (SSSR count). The predicted octanol–water partition coefficient (Wildman–Crippen LogP) is 4.71. The van der Waals surface area contributed by atoms with Crippen molar-refractivity contribution in [2.75, 3.05) is 13.1 Å². The van der Waals surface area contributed by atoms with Crippen LogP contribution in [0.2, 0.25) is 0 Å². The topological polar surface area (TPSA) is 21.3 Å². The van der Waals surface area contributed by atoms with E-state index in [2.05, 4.69) is 17.4 Å². The number of rotatable bonds is 4. The van der Waals surface area contributed by atoms with Crippen molar-refractivity contribution in [1.29, 1.82) is 0 Å². The molecule has 122 valence electrons. The minimum Gasteiger partial charge on any atom is -0.485 e. The summed E-state index contributed by atoms with van der Waals surface area (Å²) in [5.41, 5.74) is 1.17. The number of nitrogens with one attached hydrogen (secondary N) is 1. The molecule has 1 aliphatic rings. The van der Waals surface area contributed by atoms with E-state index in [9.17, 15) is 4.39 Å². The van der Waals surface area contributed by atoms with E-state index >= 15 is 0 Å². The molecule has 1 aliphatic heterocycles. The van der Waals surface area contributed by atoms with Crippen LogP contribution in [0.15, 0.2) is 66.7 Å². The Kier molecular flexibility index (Phi) is 4.18. The average molecular weight is 321 g/mol. The van der Waals surface area contributed by atoms with Gasteiger partial charge < -0.3 is 10.1 Å². The van der Waals surface area contributed by atoms with Gasteiger partial charge in [0.25, 0.3) is 0 Å². The second-order valence-electron chi connectivity index (χ2n) is 6.29. The monoisotopic (exact) mass is 321 g/mol. The third kappa shape index (κ3) is 2.87. The third-order valence-electron chi connectivity index (χ3n) is 4.74. The molecule has 1 N–H and O–H groups in total. The molecule has 3 heteroatoms. The molecule has 1 saturated heterocycles. The van der Waals surface area contributed by atoms with Crippen LogP contribution < -0.4 is 10.1 Å². The molecule has 0 bridgehead atoms. The predicted molar refractivity (Wildman–Crippen MR) is 94.7 cm³/mol. The van der Waals surface area contributed by atoms with Crippen LogP contribution in [-0.2, 0) is 0 Å². The average Bonchev–Trinajstić information content (AvgIpc) is 3.17. The lowest BCUT2D eigenvalue weighted by Crippen LogP contribution is -2.21. The highest BCUT2D eigenvalue weighted by Crippen LogP contribution is 2.36. The Hall–Kier alpha value is -2.39. The number of hydrogen-bond acceptors (Lipinski definition) is 2. The molecule has 0 aromatic heterocycles. The van der Waals surface area contributed by atoms with Crippen molar-refractivity contribution in [1.82, 2.24) is 5.32 Å². The largest absolute Gasteiger partial charge is 0.485 e. The number of benzene rings is 3. The summed E-state index contributed by atoms with van der Waals surface area (Å²) in [6, 6.07) is 21.0. The van der Waals surface area contributed by atoms with Crippen LogP contribution in [0.5, 0.6) is 5.75 Å². The first-order valence-corrected chi connectivity index (χ1v) is 8.42. The summed E-state index contributed by atoms with van der Waals surface area (Å²) in [5, 5.41) is 4.84. The molecule has 2 unspecified atom stereocenters. The Labute approximate surface area is 141 Å². The first kappa shape index (κ1) is 15.2. The number of halogens is 1. The van der Waals surface area contributed by atoms with E-state index in [1.165, 1.54) is 11.6 Å². The second-order valence-corrected chi connectivity index (χ2v) is 6.29. The standard InChI is InChI=1S/C21H20FNO/c22-19-10-11-20(18-9-5-4-8-17(18)19)24-21(16-12-13-23-14-16)15-6-2-1-3-7-15/h1-11,16,21,23H,12-14H2. The lowest BCUT2D eigenvalue weighted by molar-refractivity contribution is 0.146. The smallest absolute Gasteiger partial charge is 0.131 e. The third-order valence-corrected chi connectivity index (χ3v) is 4.74. The molecule has 1 heterocycles. The summed E-state index contributed by atoms with van der Waals surface area (Å²) in [7, 11) is 0. The fraction of sp³-hybridized carbons (Fsp3) is 0.238. The van der Waals surface area contributed by atoms with Crippen LogP contribution in [-0.4, -0.2) is 13.1 Å². The van der Waals surface area contributed by atoms with E-state index in [1.807, 2.05) is 36.4 Å². The molecule has 0 spiro atoms. The number of fused-ring (bicyclic) bond motifs is 1. The highest BCUT2D eigenvalue weighted by Gasteiger charge is 2.28. The molecule has 0 aliphatic carbocycles. The first-order valence-electron chi connectivity index (χ1n) is 8.42. The van der Waals surface area contributed by atoms with Gasteiger partial charge in [-0.05, 0) is 30.7 Å². The van der Waals surface area contributed by atoms with Gasteiger partial charge in [0.2, 0.25) is 0 Å². The molecular weight excluding hydrogens is 301 g/mol. The maximum Gasteiger partial charge on any atom is 0.131 e. The van der Waals surface area contributed by atoms with Crippen LogP contribution in [0.1, 0.15) is 18.1 Å². The van der Waals surface area contributed by atoms with Gasteiger partial charge in [0.15, 0.2) is 0 Å². The maximum atomic E-state index is 14.1. The fourth-order valence-electron chi connectivity index (χ4n) is 3.49. The molecule has 0 amide bonds. The lowest BCUT2D eigenvalue weighted by atomic mass is 9.94. The SMILES string of the molecule is Fc1ccc(OC(c2ccccc2)C2CCNC2)c2ccccc12. The summed E-state index contributed by atoms with van der Waals surface area (Å²) >= 11 is 0. The molecule has 0 radical (unpaired) electrons. The molecule has 3 aromatic carbocycles. The summed E-state index contributed by atoms with van der Waals surface area (Å²) in [5.74, 6) is 0.945. The van der Waals surface area contributed by atoms with Crippen LogP contribution in [0.3, 0.4) is 0 Å². The quantitative estimate of drug-likeness (QED) is 0.751. The van der Waals surface area contributed by atoms with Gasteiger partial charge in [-0.1, -0.05) is 54.6 Å². The van der Waals surface area contributed by atoms with Gasteiger partial charge in [0.05, 0.1) is 0 Å². The van der Waals surface area contributed by atoms with Gasteiger partial charge in [-0.15, -0.1) is 0 Å². The van der Waals surface area contributed by atoms with E-state index in [1.54, 1.807) is 12.1 Å². The van der Waals surface area contributed by atoms with Crippen molar-refractivity contribution in [2.24, 2.45) is 5.92 Å². The zero-order valence-electron chi connectivity index (χ0n) is 13.4. The molecule has 2 atom stereocenters. The highest BCUT2D eigenvalue weighted by molar-refractivity contribution is 5.88. The number of ether oxygens (including phenoxy) is 1. The summed E-state index contributed by atoms with van der Waals surface area (Å²) in [6.45, 7) is 1.96. The van der Waals surface area contributed by atoms with Crippen LogP contribution in [0.4, 0.5) is 4.39 Å². The lowest BCUT2D eigenvalue weighted by Gasteiger charge is -2.25. The summed E-state index contributed by atoms with van der Waals surface area (Å²) < 4.78 is 20.5. The van der Waals surface area contributed by atoms with Crippen molar-refractivity contribution in [3.05, 3.63) is 78.1 Å².